The number of carbonyl (C=O) groups is 1. The zero-order valence-corrected chi connectivity index (χ0v) is 54.4. The minimum absolute atomic E-state index is 0.00780. The molecular weight excluding hydrogens is 1010 g/mol. The van der Waals surface area contributed by atoms with Gasteiger partial charge in [-0.3, -0.25) is 9.36 Å². The van der Waals surface area contributed by atoms with Crippen LogP contribution < -0.4 is 10.2 Å². The molecule has 80 heavy (non-hydrogen) atoms. The summed E-state index contributed by atoms with van der Waals surface area (Å²) < 4.78 is 23.5. The van der Waals surface area contributed by atoms with Crippen LogP contribution >= 0.6 is 7.82 Å². The summed E-state index contributed by atoms with van der Waals surface area (Å²) in [5, 5.41) is 14.1. The number of unbranched alkanes of at least 4 members (excludes halogenated alkanes) is 38. The summed E-state index contributed by atoms with van der Waals surface area (Å²) in [6.45, 7) is 4.64. The highest BCUT2D eigenvalue weighted by Crippen LogP contribution is 2.38. The van der Waals surface area contributed by atoms with Gasteiger partial charge in [0.15, 0.2) is 0 Å². The number of aliphatic hydroxyl groups is 1. The van der Waals surface area contributed by atoms with Gasteiger partial charge in [-0.25, -0.2) is 0 Å². The van der Waals surface area contributed by atoms with E-state index < -0.39 is 20.0 Å². The predicted molar refractivity (Wildman–Crippen MR) is 348 cm³/mol. The Bertz CT molecular complexity index is 1530. The van der Waals surface area contributed by atoms with Gasteiger partial charge in [0.05, 0.1) is 39.9 Å². The van der Waals surface area contributed by atoms with Crippen molar-refractivity contribution in [2.45, 2.75) is 334 Å². The van der Waals surface area contributed by atoms with E-state index in [4.69, 9.17) is 9.05 Å². The highest BCUT2D eigenvalue weighted by Gasteiger charge is 2.24. The van der Waals surface area contributed by atoms with Crippen LogP contribution in [0.1, 0.15) is 322 Å². The molecule has 468 valence electrons. The zero-order chi connectivity index (χ0) is 58.4. The average molecular weight is 1140 g/mol. The molecule has 0 aromatic heterocycles. The van der Waals surface area contributed by atoms with E-state index in [-0.39, 0.29) is 19.1 Å². The van der Waals surface area contributed by atoms with Crippen molar-refractivity contribution in [1.29, 1.82) is 0 Å². The lowest BCUT2D eigenvalue weighted by molar-refractivity contribution is -0.870. The Balaban J connectivity index is 4.08. The Morgan fingerprint density at radius 2 is 0.762 bits per heavy atom. The second kappa shape index (κ2) is 61.5. The Morgan fingerprint density at radius 1 is 0.450 bits per heavy atom. The number of nitrogens with zero attached hydrogens (tertiary/aromatic N) is 1. The van der Waals surface area contributed by atoms with Gasteiger partial charge in [-0.1, -0.05) is 324 Å². The van der Waals surface area contributed by atoms with E-state index in [1.165, 1.54) is 212 Å². The van der Waals surface area contributed by atoms with E-state index in [0.717, 1.165) is 83.5 Å². The molecule has 0 aliphatic rings. The summed E-state index contributed by atoms with van der Waals surface area (Å²) in [7, 11) is 1.30. The van der Waals surface area contributed by atoms with Crippen LogP contribution in [0.5, 0.6) is 0 Å². The minimum Gasteiger partial charge on any atom is -0.756 e. The van der Waals surface area contributed by atoms with Crippen LogP contribution in [-0.2, 0) is 18.4 Å². The lowest BCUT2D eigenvalue weighted by atomic mass is 10.0. The van der Waals surface area contributed by atoms with Gasteiger partial charge in [0, 0.05) is 6.42 Å². The molecular formula is C71H133N2O6P. The first-order valence-electron chi connectivity index (χ1n) is 34.3. The zero-order valence-electron chi connectivity index (χ0n) is 53.5. The number of aliphatic hydroxyl groups excluding tert-OH is 1. The topological polar surface area (TPSA) is 108 Å². The van der Waals surface area contributed by atoms with Crippen molar-refractivity contribution in [2.75, 3.05) is 40.9 Å². The van der Waals surface area contributed by atoms with Crippen molar-refractivity contribution in [3.05, 3.63) is 72.9 Å². The molecule has 0 saturated heterocycles. The number of quaternary nitrogens is 1. The van der Waals surface area contributed by atoms with Crippen LogP contribution in [-0.4, -0.2) is 68.5 Å². The molecule has 0 rings (SSSR count). The van der Waals surface area contributed by atoms with Crippen LogP contribution in [0.3, 0.4) is 0 Å². The van der Waals surface area contributed by atoms with Crippen LogP contribution in [0.2, 0.25) is 0 Å². The molecule has 3 unspecified atom stereocenters. The maximum Gasteiger partial charge on any atom is 0.268 e. The highest BCUT2D eigenvalue weighted by molar-refractivity contribution is 7.45. The number of amides is 1. The smallest absolute Gasteiger partial charge is 0.268 e. The summed E-state index contributed by atoms with van der Waals surface area (Å²) in [4.78, 5) is 25.7. The standard InChI is InChI=1S/C71H133N2O6P/c1-6-8-10-12-14-16-18-20-22-24-26-28-30-32-34-35-36-37-39-40-42-44-46-48-50-52-54-56-58-60-62-64-70(74)69(68-79-80(76,77)78-67-66-73(3,4)5)72-71(75)65-63-61-59-57-55-53-51-49-47-45-43-41-38-33-31-29-27-25-23-21-19-17-15-13-11-9-7-2/h9,11,15,17,21,23,27,29,33,38,43,45,69-70,74H,6-8,10,12-14,16,18-20,22,24-26,28,30-32,34-37,39-42,44,46-68H2,1-5H3,(H-,72,75,76,77)/b11-9-,17-15-,23-21-,29-27-,38-33-,45-43-. The summed E-state index contributed by atoms with van der Waals surface area (Å²) >= 11 is 0. The van der Waals surface area contributed by atoms with Crippen molar-refractivity contribution >= 4 is 13.7 Å². The van der Waals surface area contributed by atoms with Crippen molar-refractivity contribution in [2.24, 2.45) is 0 Å². The summed E-state index contributed by atoms with van der Waals surface area (Å²) in [5.41, 5.74) is 0. The van der Waals surface area contributed by atoms with Gasteiger partial charge in [-0.15, -0.1) is 0 Å². The van der Waals surface area contributed by atoms with Gasteiger partial charge >= 0.3 is 0 Å². The van der Waals surface area contributed by atoms with Crippen LogP contribution in [0.15, 0.2) is 72.9 Å². The van der Waals surface area contributed by atoms with Crippen molar-refractivity contribution in [3.8, 4) is 0 Å². The summed E-state index contributed by atoms with van der Waals surface area (Å²) in [6, 6.07) is -0.812. The lowest BCUT2D eigenvalue weighted by Gasteiger charge is -2.30. The fourth-order valence-corrected chi connectivity index (χ4v) is 10.9. The number of phosphoric ester groups is 1. The third-order valence-corrected chi connectivity index (χ3v) is 16.4. The largest absolute Gasteiger partial charge is 0.756 e. The molecule has 0 aliphatic heterocycles. The average Bonchev–Trinajstić information content (AvgIpc) is 3.42. The van der Waals surface area contributed by atoms with Crippen LogP contribution in [0, 0.1) is 0 Å². The van der Waals surface area contributed by atoms with Gasteiger partial charge in [0.1, 0.15) is 13.2 Å². The fraction of sp³-hybridized carbons (Fsp3) is 0.817. The molecule has 0 radical (unpaired) electrons. The second-order valence-electron chi connectivity index (χ2n) is 24.5. The number of phosphoric acid groups is 1. The maximum absolute atomic E-state index is 13.0. The molecule has 0 saturated carbocycles. The third-order valence-electron chi connectivity index (χ3n) is 15.5. The first-order valence-corrected chi connectivity index (χ1v) is 35.7. The molecule has 0 aliphatic carbocycles. The Morgan fingerprint density at radius 3 is 1.11 bits per heavy atom. The van der Waals surface area contributed by atoms with Gasteiger partial charge in [0.25, 0.3) is 7.82 Å². The van der Waals surface area contributed by atoms with E-state index >= 15 is 0 Å². The molecule has 0 aromatic rings. The Hall–Kier alpha value is -2.06. The Labute approximate surface area is 497 Å². The molecule has 0 spiro atoms. The molecule has 8 nitrogen and oxygen atoms in total. The minimum atomic E-state index is -4.59. The van der Waals surface area contributed by atoms with E-state index in [1.54, 1.807) is 0 Å². The van der Waals surface area contributed by atoms with E-state index in [2.05, 4.69) is 92.1 Å². The lowest BCUT2D eigenvalue weighted by Crippen LogP contribution is -2.46. The molecule has 1 amide bonds. The summed E-state index contributed by atoms with van der Waals surface area (Å²) in [5.74, 6) is -0.172. The third kappa shape index (κ3) is 63.5. The van der Waals surface area contributed by atoms with Crippen molar-refractivity contribution in [3.63, 3.8) is 0 Å². The van der Waals surface area contributed by atoms with Crippen molar-refractivity contribution in [1.82, 2.24) is 5.32 Å². The quantitative estimate of drug-likeness (QED) is 0.0272. The molecule has 0 aromatic carbocycles. The number of hydrogen-bond acceptors (Lipinski definition) is 6. The van der Waals surface area contributed by atoms with Gasteiger partial charge in [-0.05, 0) is 64.2 Å². The first-order chi connectivity index (χ1) is 39.0. The monoisotopic (exact) mass is 1140 g/mol. The van der Waals surface area contributed by atoms with Gasteiger partial charge in [0.2, 0.25) is 5.91 Å². The molecule has 9 heteroatoms. The number of nitrogens with one attached hydrogen (secondary N) is 1. The highest BCUT2D eigenvalue weighted by atomic mass is 31.2. The second-order valence-corrected chi connectivity index (χ2v) is 25.9. The molecule has 2 N–H and O–H groups in total. The summed E-state index contributed by atoms with van der Waals surface area (Å²) in [6.07, 6.45) is 85.4. The molecule has 0 bridgehead atoms. The maximum atomic E-state index is 13.0. The number of carbonyl (C=O) groups excluding carboxylic acids is 1. The number of likely N-dealkylation sites (N-methyl/N-ethyl adjacent to an activating group) is 1. The van der Waals surface area contributed by atoms with E-state index in [0.29, 0.717) is 23.9 Å². The fourth-order valence-electron chi connectivity index (χ4n) is 10.2. The van der Waals surface area contributed by atoms with Crippen LogP contribution in [0.4, 0.5) is 0 Å². The SMILES string of the molecule is CC/C=C\C/C=C\C/C=C\C/C=C\C/C=C\C/C=C\CCCCCCCCCCC(=O)NC(COP(=O)([O-])OCC[N+](C)(C)C)C(O)CCCCCCCCCCCCCCCCCCCCCCCCCCCCCCCCC. The van der Waals surface area contributed by atoms with Gasteiger partial charge in [-0.2, -0.15) is 0 Å². The van der Waals surface area contributed by atoms with E-state index in [9.17, 15) is 19.4 Å². The van der Waals surface area contributed by atoms with Gasteiger partial charge < -0.3 is 28.8 Å². The predicted octanol–water partition coefficient (Wildman–Crippen LogP) is 21.1. The normalized spacial score (nSPS) is 14.1. The van der Waals surface area contributed by atoms with Crippen molar-refractivity contribution < 1.29 is 32.9 Å². The van der Waals surface area contributed by atoms with Crippen LogP contribution in [0.25, 0.3) is 0 Å². The molecule has 0 fully saturated rings. The number of rotatable bonds is 63. The van der Waals surface area contributed by atoms with E-state index in [1.807, 2.05) is 21.1 Å². The first kappa shape index (κ1) is 77.9. The number of hydrogen-bond donors (Lipinski definition) is 2. The Kier molecular flexibility index (Phi) is 59.9. The molecule has 0 heterocycles. The molecule has 3 atom stereocenters. The number of allylic oxidation sites excluding steroid dienone is 12.